The molecule has 2 aromatic rings. The van der Waals surface area contributed by atoms with Gasteiger partial charge in [-0.25, -0.2) is 0 Å². The third-order valence-electron chi connectivity index (χ3n) is 3.26. The Labute approximate surface area is 140 Å². The molecule has 2 nitrogen and oxygen atoms in total. The average molecular weight is 335 g/mol. The number of hydrogen-bond donors (Lipinski definition) is 0. The van der Waals surface area contributed by atoms with E-state index >= 15 is 0 Å². The van der Waals surface area contributed by atoms with Gasteiger partial charge in [-0.15, -0.1) is 22.7 Å². The number of Topliss-reactive ketones (excluding diaryl/α,β-unsaturated/α-hetero) is 2. The van der Waals surface area contributed by atoms with Crippen LogP contribution < -0.4 is 0 Å². The van der Waals surface area contributed by atoms with Crippen LogP contribution in [-0.4, -0.2) is 11.6 Å². The lowest BCUT2D eigenvalue weighted by atomic mass is 9.90. The van der Waals surface area contributed by atoms with E-state index in [1.54, 1.807) is 0 Å². The SMILES string of the molecule is CC(C)(C)C(=O)c1ccc(-c2ccc(C(=O)C(C)(C)C)s2)s1. The number of ketones is 2. The molecular weight excluding hydrogens is 312 g/mol. The van der Waals surface area contributed by atoms with Gasteiger partial charge < -0.3 is 0 Å². The maximum Gasteiger partial charge on any atom is 0.178 e. The second-order valence-electron chi connectivity index (χ2n) is 7.49. The molecule has 0 atom stereocenters. The summed E-state index contributed by atoms with van der Waals surface area (Å²) < 4.78 is 0. The number of thiophene rings is 2. The lowest BCUT2D eigenvalue weighted by molar-refractivity contribution is 0.0857. The molecule has 22 heavy (non-hydrogen) atoms. The summed E-state index contributed by atoms with van der Waals surface area (Å²) in [5.41, 5.74) is -0.740. The highest BCUT2D eigenvalue weighted by Gasteiger charge is 2.26. The van der Waals surface area contributed by atoms with Gasteiger partial charge in [0.2, 0.25) is 0 Å². The molecule has 0 aromatic carbocycles. The van der Waals surface area contributed by atoms with Crippen LogP contribution in [0.5, 0.6) is 0 Å². The fraction of sp³-hybridized carbons (Fsp3) is 0.444. The van der Waals surface area contributed by atoms with Crippen molar-refractivity contribution >= 4 is 34.2 Å². The molecule has 0 saturated heterocycles. The van der Waals surface area contributed by atoms with Gasteiger partial charge in [-0.05, 0) is 24.3 Å². The van der Waals surface area contributed by atoms with Crippen molar-refractivity contribution in [3.05, 3.63) is 34.0 Å². The Morgan fingerprint density at radius 3 is 1.27 bits per heavy atom. The molecule has 118 valence electrons. The zero-order valence-corrected chi connectivity index (χ0v) is 15.6. The standard InChI is InChI=1S/C18H22O2S2/c1-17(2,3)15(19)13-9-7-11(21-13)12-8-10-14(22-12)16(20)18(4,5)6/h7-10H,1-6H3. The molecule has 2 aromatic heterocycles. The first kappa shape index (κ1) is 17.1. The number of carbonyl (C=O) groups is 2. The van der Waals surface area contributed by atoms with Gasteiger partial charge in [0.25, 0.3) is 0 Å². The van der Waals surface area contributed by atoms with Crippen LogP contribution in [0.25, 0.3) is 9.75 Å². The zero-order chi connectivity index (χ0) is 16.7. The molecule has 0 aliphatic rings. The molecule has 2 heterocycles. The highest BCUT2D eigenvalue weighted by molar-refractivity contribution is 7.23. The van der Waals surface area contributed by atoms with E-state index in [0.29, 0.717) is 0 Å². The van der Waals surface area contributed by atoms with Crippen LogP contribution in [0.15, 0.2) is 24.3 Å². The number of hydrogen-bond acceptors (Lipinski definition) is 4. The highest BCUT2D eigenvalue weighted by Crippen LogP contribution is 2.37. The molecule has 0 aliphatic heterocycles. The predicted molar refractivity (Wildman–Crippen MR) is 95.2 cm³/mol. The third kappa shape index (κ3) is 3.55. The van der Waals surface area contributed by atoms with Crippen LogP contribution >= 0.6 is 22.7 Å². The minimum atomic E-state index is -0.370. The normalized spacial score (nSPS) is 12.5. The van der Waals surface area contributed by atoms with Crippen molar-refractivity contribution in [2.45, 2.75) is 41.5 Å². The molecule has 0 bridgehead atoms. The van der Waals surface area contributed by atoms with Gasteiger partial charge in [-0.1, -0.05) is 41.5 Å². The molecule has 4 heteroatoms. The van der Waals surface area contributed by atoms with E-state index in [4.69, 9.17) is 0 Å². The first-order valence-electron chi connectivity index (χ1n) is 7.30. The van der Waals surface area contributed by atoms with Crippen LogP contribution in [-0.2, 0) is 0 Å². The second-order valence-corrected chi connectivity index (χ2v) is 9.65. The van der Waals surface area contributed by atoms with E-state index < -0.39 is 0 Å². The van der Waals surface area contributed by atoms with Crippen molar-refractivity contribution in [1.82, 2.24) is 0 Å². The van der Waals surface area contributed by atoms with Crippen molar-refractivity contribution < 1.29 is 9.59 Å². The Morgan fingerprint density at radius 2 is 1.00 bits per heavy atom. The molecule has 0 saturated carbocycles. The molecule has 0 N–H and O–H groups in total. The summed E-state index contributed by atoms with van der Waals surface area (Å²) in [4.78, 5) is 28.3. The Balaban J connectivity index is 2.28. The lowest BCUT2D eigenvalue weighted by Crippen LogP contribution is -2.18. The van der Waals surface area contributed by atoms with E-state index in [1.165, 1.54) is 22.7 Å². The topological polar surface area (TPSA) is 34.1 Å². The van der Waals surface area contributed by atoms with E-state index in [1.807, 2.05) is 65.8 Å². The van der Waals surface area contributed by atoms with Crippen molar-refractivity contribution in [2.75, 3.05) is 0 Å². The van der Waals surface area contributed by atoms with Crippen LogP contribution in [0.1, 0.15) is 60.9 Å². The molecule has 2 rings (SSSR count). The minimum absolute atomic E-state index is 0.159. The number of carbonyl (C=O) groups excluding carboxylic acids is 2. The van der Waals surface area contributed by atoms with Gasteiger partial charge in [0.1, 0.15) is 0 Å². The van der Waals surface area contributed by atoms with Crippen LogP contribution in [0, 0.1) is 10.8 Å². The summed E-state index contributed by atoms with van der Waals surface area (Å²) >= 11 is 3.01. The summed E-state index contributed by atoms with van der Waals surface area (Å²) in [5, 5.41) is 0. The molecule has 0 unspecified atom stereocenters. The quantitative estimate of drug-likeness (QED) is 0.651. The first-order chi connectivity index (χ1) is 10.00. The van der Waals surface area contributed by atoms with Crippen molar-refractivity contribution in [2.24, 2.45) is 10.8 Å². The van der Waals surface area contributed by atoms with Crippen LogP contribution in [0.4, 0.5) is 0 Å². The summed E-state index contributed by atoms with van der Waals surface area (Å²) in [6, 6.07) is 7.72. The summed E-state index contributed by atoms with van der Waals surface area (Å²) in [6.45, 7) is 11.6. The van der Waals surface area contributed by atoms with Crippen LogP contribution in [0.3, 0.4) is 0 Å². The zero-order valence-electron chi connectivity index (χ0n) is 13.9. The second kappa shape index (κ2) is 5.74. The summed E-state index contributed by atoms with van der Waals surface area (Å²) in [5.74, 6) is 0.317. The average Bonchev–Trinajstić information content (AvgIpc) is 3.03. The molecule has 0 amide bonds. The van der Waals surface area contributed by atoms with Gasteiger partial charge in [0.15, 0.2) is 11.6 Å². The predicted octanol–water partition coefficient (Wildman–Crippen LogP) is 5.93. The monoisotopic (exact) mass is 334 g/mol. The van der Waals surface area contributed by atoms with E-state index in [-0.39, 0.29) is 22.4 Å². The van der Waals surface area contributed by atoms with Crippen molar-refractivity contribution in [1.29, 1.82) is 0 Å². The molecule has 0 radical (unpaired) electrons. The third-order valence-corrected chi connectivity index (χ3v) is 5.63. The maximum atomic E-state index is 12.3. The van der Waals surface area contributed by atoms with E-state index in [0.717, 1.165) is 19.5 Å². The van der Waals surface area contributed by atoms with Crippen LogP contribution in [0.2, 0.25) is 0 Å². The molecule has 0 aliphatic carbocycles. The molecule has 0 spiro atoms. The van der Waals surface area contributed by atoms with E-state index in [9.17, 15) is 9.59 Å². The Morgan fingerprint density at radius 1 is 0.682 bits per heavy atom. The van der Waals surface area contributed by atoms with Gasteiger partial charge in [0.05, 0.1) is 9.75 Å². The van der Waals surface area contributed by atoms with E-state index in [2.05, 4.69) is 0 Å². The van der Waals surface area contributed by atoms with Crippen molar-refractivity contribution in [3.8, 4) is 9.75 Å². The van der Waals surface area contributed by atoms with Gasteiger partial charge in [0, 0.05) is 20.6 Å². The molecular formula is C18H22O2S2. The van der Waals surface area contributed by atoms with Crippen molar-refractivity contribution in [3.63, 3.8) is 0 Å². The molecule has 0 fully saturated rings. The first-order valence-corrected chi connectivity index (χ1v) is 8.93. The largest absolute Gasteiger partial charge is 0.293 e. The maximum absolute atomic E-state index is 12.3. The Kier molecular flexibility index (Phi) is 4.46. The number of rotatable bonds is 3. The summed E-state index contributed by atoms with van der Waals surface area (Å²) in [7, 11) is 0. The van der Waals surface area contributed by atoms with Gasteiger partial charge >= 0.3 is 0 Å². The van der Waals surface area contributed by atoms with Gasteiger partial charge in [-0.3, -0.25) is 9.59 Å². The highest BCUT2D eigenvalue weighted by atomic mass is 32.1. The minimum Gasteiger partial charge on any atom is -0.293 e. The fourth-order valence-corrected chi connectivity index (χ4v) is 4.33. The fourth-order valence-electron chi connectivity index (χ4n) is 1.92. The smallest absolute Gasteiger partial charge is 0.178 e. The lowest BCUT2D eigenvalue weighted by Gasteiger charge is -2.14. The Hall–Kier alpha value is -1.26. The Bertz CT molecular complexity index is 644. The van der Waals surface area contributed by atoms with Gasteiger partial charge in [-0.2, -0.15) is 0 Å². The summed E-state index contributed by atoms with van der Waals surface area (Å²) in [6.07, 6.45) is 0.